The number of rotatable bonds is 10. The summed E-state index contributed by atoms with van der Waals surface area (Å²) >= 11 is 1.71. The molecule has 3 nitrogen and oxygen atoms in total. The van der Waals surface area contributed by atoms with Crippen LogP contribution in [0.2, 0.25) is 0 Å². The zero-order chi connectivity index (χ0) is 27.2. The minimum atomic E-state index is -0.0756. The van der Waals surface area contributed by atoms with Gasteiger partial charge in [-0.3, -0.25) is 0 Å². The third-order valence-corrected chi connectivity index (χ3v) is 8.87. The van der Waals surface area contributed by atoms with Crippen LogP contribution in [0.5, 0.6) is 0 Å². The van der Waals surface area contributed by atoms with Crippen LogP contribution in [0.15, 0.2) is 90.5 Å². The maximum atomic E-state index is 9.36. The van der Waals surface area contributed by atoms with Gasteiger partial charge in [-0.25, -0.2) is 0 Å². The van der Waals surface area contributed by atoms with Gasteiger partial charge in [0.25, 0.3) is 0 Å². The Balaban J connectivity index is 1.71. The first-order chi connectivity index (χ1) is 19.1. The normalized spacial score (nSPS) is 12.6. The van der Waals surface area contributed by atoms with Gasteiger partial charge in [-0.1, -0.05) is 82.0 Å². The van der Waals surface area contributed by atoms with Crippen LogP contribution < -0.4 is 4.90 Å². The summed E-state index contributed by atoms with van der Waals surface area (Å²) in [5, 5.41) is 18.7. The lowest BCUT2D eigenvalue weighted by Crippen LogP contribution is -2.25. The van der Waals surface area contributed by atoms with Crippen LogP contribution in [0.1, 0.15) is 68.4 Å². The Morgan fingerprint density at radius 3 is 1.90 bits per heavy atom. The molecular formula is C35H33N3S. The molecule has 1 aliphatic rings. The first kappa shape index (κ1) is 26.5. The fraction of sp³-hybridized carbons (Fsp3) is 0.257. The van der Waals surface area contributed by atoms with E-state index in [-0.39, 0.29) is 11.0 Å². The second-order valence-corrected chi connectivity index (χ2v) is 11.3. The monoisotopic (exact) mass is 527 g/mol. The number of thiophene rings is 1. The van der Waals surface area contributed by atoms with Crippen LogP contribution in [-0.4, -0.2) is 0 Å². The lowest BCUT2D eigenvalue weighted by atomic mass is 9.71. The van der Waals surface area contributed by atoms with Gasteiger partial charge in [0, 0.05) is 32.2 Å². The lowest BCUT2D eigenvalue weighted by molar-refractivity contribution is 0.415. The number of nitrogens with zero attached hydrogens (tertiary/aromatic N) is 3. The van der Waals surface area contributed by atoms with Gasteiger partial charge in [0.15, 0.2) is 0 Å². The molecule has 0 unspecified atom stereocenters. The van der Waals surface area contributed by atoms with Crippen LogP contribution >= 0.6 is 11.3 Å². The smallest absolute Gasteiger partial charge is 0.131 e. The molecule has 0 radical (unpaired) electrons. The second-order valence-electron chi connectivity index (χ2n) is 10.2. The molecule has 0 N–H and O–H groups in total. The molecule has 1 aliphatic carbocycles. The summed E-state index contributed by atoms with van der Waals surface area (Å²) in [5.41, 5.74) is 7.59. The van der Waals surface area contributed by atoms with E-state index < -0.39 is 0 Å². The van der Waals surface area contributed by atoms with Crippen LogP contribution in [0.25, 0.3) is 16.5 Å². The van der Waals surface area contributed by atoms with Crippen molar-refractivity contribution in [2.75, 3.05) is 4.90 Å². The van der Waals surface area contributed by atoms with E-state index in [1.165, 1.54) is 21.6 Å². The Hall–Kier alpha value is -4.12. The molecule has 39 heavy (non-hydrogen) atoms. The summed E-state index contributed by atoms with van der Waals surface area (Å²) in [4.78, 5) is 4.62. The van der Waals surface area contributed by atoms with Crippen molar-refractivity contribution in [2.45, 2.75) is 57.8 Å². The predicted octanol–water partition coefficient (Wildman–Crippen LogP) is 10.3. The number of hydrogen-bond acceptors (Lipinski definition) is 4. The van der Waals surface area contributed by atoms with Gasteiger partial charge in [-0.15, -0.1) is 11.3 Å². The fourth-order valence-electron chi connectivity index (χ4n) is 5.90. The SMILES string of the molecule is CCCCC1(CCCC)c2cc(N(c3ccccc3)c3ccccc3)ccc2-c2sc(C=C(C#N)C#N)cc21. The number of unbranched alkanes of at least 4 members (excludes halogenated alkanes) is 2. The first-order valence-electron chi connectivity index (χ1n) is 13.9. The van der Waals surface area contributed by atoms with Gasteiger partial charge < -0.3 is 4.90 Å². The van der Waals surface area contributed by atoms with Gasteiger partial charge in [0.2, 0.25) is 0 Å². The molecule has 4 heteroatoms. The van der Waals surface area contributed by atoms with E-state index in [0.29, 0.717) is 0 Å². The number of benzene rings is 3. The molecule has 0 aliphatic heterocycles. The van der Waals surface area contributed by atoms with Gasteiger partial charge in [0.1, 0.15) is 17.7 Å². The Morgan fingerprint density at radius 1 is 0.769 bits per heavy atom. The van der Waals surface area contributed by atoms with Crippen molar-refractivity contribution in [1.82, 2.24) is 0 Å². The summed E-state index contributed by atoms with van der Waals surface area (Å²) in [5.74, 6) is 0. The Labute approximate surface area is 236 Å². The Kier molecular flexibility index (Phi) is 7.97. The highest BCUT2D eigenvalue weighted by molar-refractivity contribution is 7.16. The van der Waals surface area contributed by atoms with Crippen molar-refractivity contribution in [1.29, 1.82) is 10.5 Å². The average Bonchev–Trinajstić information content (AvgIpc) is 3.51. The highest BCUT2D eigenvalue weighted by atomic mass is 32.1. The quantitative estimate of drug-likeness (QED) is 0.193. The molecule has 0 fully saturated rings. The number of fused-ring (bicyclic) bond motifs is 3. The van der Waals surface area contributed by atoms with Gasteiger partial charge in [-0.2, -0.15) is 10.5 Å². The van der Waals surface area contributed by atoms with E-state index in [9.17, 15) is 10.5 Å². The Morgan fingerprint density at radius 2 is 1.36 bits per heavy atom. The number of anilines is 3. The van der Waals surface area contributed by atoms with Crippen molar-refractivity contribution in [3.63, 3.8) is 0 Å². The summed E-state index contributed by atoms with van der Waals surface area (Å²) in [6.45, 7) is 4.53. The minimum Gasteiger partial charge on any atom is -0.310 e. The molecule has 1 aromatic heterocycles. The zero-order valence-electron chi connectivity index (χ0n) is 22.7. The molecule has 194 valence electrons. The van der Waals surface area contributed by atoms with Crippen LogP contribution in [0.4, 0.5) is 17.1 Å². The standard InChI is InChI=1S/C35H33N3S/c1-3-5-19-35(20-6-4-2)32-22-29(38(27-13-9-7-10-14-27)28-15-11-8-12-16-28)17-18-31(32)34-33(35)23-30(39-34)21-26(24-36)25-37/h7-18,21-23H,3-6,19-20H2,1-2H3. The Bertz CT molecular complexity index is 1490. The molecular weight excluding hydrogens is 494 g/mol. The van der Waals surface area contributed by atoms with Gasteiger partial charge in [-0.05, 0) is 78.1 Å². The summed E-state index contributed by atoms with van der Waals surface area (Å²) < 4.78 is 0. The van der Waals surface area contributed by atoms with Crippen LogP contribution in [0, 0.1) is 22.7 Å². The van der Waals surface area contributed by atoms with Crippen LogP contribution in [-0.2, 0) is 5.41 Å². The predicted molar refractivity (Wildman–Crippen MR) is 163 cm³/mol. The number of hydrogen-bond donors (Lipinski definition) is 0. The molecule has 5 rings (SSSR count). The maximum absolute atomic E-state index is 9.36. The van der Waals surface area contributed by atoms with Crippen molar-refractivity contribution in [3.05, 3.63) is 107 Å². The molecule has 0 saturated carbocycles. The molecule has 0 saturated heterocycles. The topological polar surface area (TPSA) is 50.8 Å². The van der Waals surface area contributed by atoms with Crippen molar-refractivity contribution >= 4 is 34.5 Å². The lowest BCUT2D eigenvalue weighted by Gasteiger charge is -2.33. The van der Waals surface area contributed by atoms with E-state index in [4.69, 9.17) is 0 Å². The number of allylic oxidation sites excluding steroid dienone is 1. The molecule has 4 aromatic rings. The highest BCUT2D eigenvalue weighted by Gasteiger charge is 2.44. The molecule has 3 aromatic carbocycles. The summed E-state index contributed by atoms with van der Waals surface area (Å²) in [7, 11) is 0. The van der Waals surface area contributed by atoms with Crippen LogP contribution in [0.3, 0.4) is 0 Å². The zero-order valence-corrected chi connectivity index (χ0v) is 23.5. The molecule has 0 amide bonds. The third kappa shape index (κ3) is 5.01. The van der Waals surface area contributed by atoms with E-state index in [1.807, 2.05) is 12.1 Å². The second kappa shape index (κ2) is 11.7. The largest absolute Gasteiger partial charge is 0.310 e. The third-order valence-electron chi connectivity index (χ3n) is 7.76. The molecule has 1 heterocycles. The highest BCUT2D eigenvalue weighted by Crippen LogP contribution is 2.58. The molecule has 0 atom stereocenters. The van der Waals surface area contributed by atoms with Gasteiger partial charge >= 0.3 is 0 Å². The number of nitriles is 2. The first-order valence-corrected chi connectivity index (χ1v) is 14.7. The van der Waals surface area contributed by atoms with E-state index in [0.717, 1.165) is 60.5 Å². The van der Waals surface area contributed by atoms with E-state index >= 15 is 0 Å². The van der Waals surface area contributed by atoms with E-state index in [2.05, 4.69) is 104 Å². The summed E-state index contributed by atoms with van der Waals surface area (Å²) in [6, 6.07) is 34.4. The minimum absolute atomic E-state index is 0.0756. The average molecular weight is 528 g/mol. The van der Waals surface area contributed by atoms with Gasteiger partial charge in [0.05, 0.1) is 0 Å². The van der Waals surface area contributed by atoms with Crippen molar-refractivity contribution < 1.29 is 0 Å². The summed E-state index contributed by atoms with van der Waals surface area (Å²) in [6.07, 6.45) is 8.51. The fourth-order valence-corrected chi connectivity index (χ4v) is 7.14. The molecule has 0 spiro atoms. The van der Waals surface area contributed by atoms with Crippen molar-refractivity contribution in [3.8, 4) is 22.6 Å². The number of para-hydroxylation sites is 2. The maximum Gasteiger partial charge on any atom is 0.131 e. The van der Waals surface area contributed by atoms with E-state index in [1.54, 1.807) is 17.4 Å². The molecule has 0 bridgehead atoms. The van der Waals surface area contributed by atoms with Crippen molar-refractivity contribution in [2.24, 2.45) is 0 Å².